The van der Waals surface area contributed by atoms with Crippen molar-refractivity contribution < 1.29 is 45.3 Å². The monoisotopic (exact) mass is 531 g/mol. The lowest BCUT2D eigenvalue weighted by Gasteiger charge is -2.55. The fraction of sp³-hybridized carbons (Fsp3) is 0.500. The van der Waals surface area contributed by atoms with Gasteiger partial charge in [-0.15, -0.1) is 0 Å². The van der Waals surface area contributed by atoms with E-state index in [9.17, 15) is 31.1 Å². The largest absolute Gasteiger partial charge is 0.454 e. The summed E-state index contributed by atoms with van der Waals surface area (Å²) in [6.45, 7) is 1.85. The third-order valence-corrected chi connectivity index (χ3v) is 7.10. The summed E-state index contributed by atoms with van der Waals surface area (Å²) in [5, 5.41) is 0. The molecule has 37 heavy (non-hydrogen) atoms. The fourth-order valence-corrected chi connectivity index (χ4v) is 5.20. The van der Waals surface area contributed by atoms with Crippen molar-refractivity contribution in [1.29, 1.82) is 0 Å². The molecule has 4 rings (SSSR count). The van der Waals surface area contributed by atoms with Crippen LogP contribution in [0.2, 0.25) is 0 Å². The molecule has 0 saturated carbocycles. The SMILES string of the molecule is COC[C@]12CC[C@@](CO[C@H](C)c3cc(C(F)(F)F)cc(C(F)(F)F)c3)(c3ccccc3)N(CC(=O)O1)C2. The number of rotatable bonds is 7. The summed E-state index contributed by atoms with van der Waals surface area (Å²) < 4.78 is 97.1. The van der Waals surface area contributed by atoms with Crippen molar-refractivity contribution in [2.24, 2.45) is 0 Å². The molecule has 2 saturated heterocycles. The van der Waals surface area contributed by atoms with Gasteiger partial charge in [0.15, 0.2) is 0 Å². The van der Waals surface area contributed by atoms with Crippen LogP contribution in [0.25, 0.3) is 0 Å². The number of carbonyl (C=O) groups excluding carboxylic acids is 1. The van der Waals surface area contributed by atoms with Crippen molar-refractivity contribution in [2.75, 3.05) is 33.4 Å². The number of morpholine rings is 1. The Bertz CT molecular complexity index is 1090. The van der Waals surface area contributed by atoms with E-state index >= 15 is 0 Å². The summed E-state index contributed by atoms with van der Waals surface area (Å²) in [7, 11) is 1.51. The molecule has 0 amide bonds. The van der Waals surface area contributed by atoms with Crippen molar-refractivity contribution in [3.05, 3.63) is 70.8 Å². The van der Waals surface area contributed by atoms with E-state index < -0.39 is 46.7 Å². The van der Waals surface area contributed by atoms with Gasteiger partial charge in [0.05, 0.1) is 42.5 Å². The maximum Gasteiger partial charge on any atom is 0.416 e. The first-order valence-corrected chi connectivity index (χ1v) is 11.7. The molecule has 2 aliphatic heterocycles. The number of halogens is 6. The number of ether oxygens (including phenoxy) is 3. The standard InChI is InChI=1S/C26H27F6NO4/c1-17(18-10-20(25(27,28)29)12-21(11-18)26(30,31)32)36-16-24(19-6-4-3-5-7-19)9-8-23(15-35-2)14-33(24)13-22(34)37-23/h3-7,10-12,17H,8-9,13-16H2,1-2H3/t17-,23-,24-/m1/s1. The van der Waals surface area contributed by atoms with Gasteiger partial charge in [-0.25, -0.2) is 0 Å². The molecule has 0 N–H and O–H groups in total. The van der Waals surface area contributed by atoms with Gasteiger partial charge in [0.2, 0.25) is 0 Å². The van der Waals surface area contributed by atoms with Crippen molar-refractivity contribution in [2.45, 2.75) is 49.4 Å². The van der Waals surface area contributed by atoms with Crippen LogP contribution in [0.4, 0.5) is 26.3 Å². The van der Waals surface area contributed by atoms with Crippen LogP contribution in [-0.2, 0) is 36.9 Å². The summed E-state index contributed by atoms with van der Waals surface area (Å²) in [6.07, 6.45) is -10.1. The average Bonchev–Trinajstić information content (AvgIpc) is 2.83. The predicted octanol–water partition coefficient (Wildman–Crippen LogP) is 5.74. The Morgan fingerprint density at radius 1 is 0.973 bits per heavy atom. The summed E-state index contributed by atoms with van der Waals surface area (Å²) in [6, 6.07) is 10.6. The van der Waals surface area contributed by atoms with Crippen LogP contribution in [0.1, 0.15) is 48.1 Å². The minimum atomic E-state index is -4.96. The van der Waals surface area contributed by atoms with Gasteiger partial charge in [-0.05, 0) is 49.1 Å². The first kappa shape index (κ1) is 27.4. The Balaban J connectivity index is 1.66. The van der Waals surface area contributed by atoms with E-state index in [1.807, 2.05) is 35.2 Å². The number of nitrogens with zero attached hydrogens (tertiary/aromatic N) is 1. The molecule has 5 nitrogen and oxygen atoms in total. The summed E-state index contributed by atoms with van der Waals surface area (Å²) in [5.41, 5.74) is -3.90. The first-order chi connectivity index (χ1) is 17.3. The predicted molar refractivity (Wildman–Crippen MR) is 120 cm³/mol. The van der Waals surface area contributed by atoms with E-state index in [4.69, 9.17) is 14.2 Å². The third kappa shape index (κ3) is 5.63. The van der Waals surface area contributed by atoms with Crippen LogP contribution in [0.15, 0.2) is 48.5 Å². The van der Waals surface area contributed by atoms with Gasteiger partial charge in [-0.2, -0.15) is 26.3 Å². The van der Waals surface area contributed by atoms with Crippen molar-refractivity contribution in [3.8, 4) is 0 Å². The Morgan fingerprint density at radius 2 is 1.59 bits per heavy atom. The van der Waals surface area contributed by atoms with E-state index in [0.29, 0.717) is 31.5 Å². The van der Waals surface area contributed by atoms with Crippen LogP contribution in [0.5, 0.6) is 0 Å². The quantitative estimate of drug-likeness (QED) is 0.337. The normalized spacial score (nSPS) is 27.0. The number of methoxy groups -OCH3 is 1. The highest BCUT2D eigenvalue weighted by molar-refractivity contribution is 5.73. The van der Waals surface area contributed by atoms with Crippen LogP contribution >= 0.6 is 0 Å². The molecule has 1 unspecified atom stereocenters. The van der Waals surface area contributed by atoms with Gasteiger partial charge in [-0.1, -0.05) is 30.3 Å². The highest BCUT2D eigenvalue weighted by Crippen LogP contribution is 2.46. The molecule has 4 atom stereocenters. The summed E-state index contributed by atoms with van der Waals surface area (Å²) >= 11 is 0. The lowest BCUT2D eigenvalue weighted by atomic mass is 9.75. The molecule has 0 spiro atoms. The van der Waals surface area contributed by atoms with Gasteiger partial charge >= 0.3 is 18.3 Å². The van der Waals surface area contributed by atoms with Gasteiger partial charge < -0.3 is 14.2 Å². The molecule has 11 heteroatoms. The van der Waals surface area contributed by atoms with Crippen LogP contribution in [-0.4, -0.2) is 49.9 Å². The second-order valence-electron chi connectivity index (χ2n) is 9.64. The molecule has 2 aromatic rings. The van der Waals surface area contributed by atoms with Crippen molar-refractivity contribution in [3.63, 3.8) is 0 Å². The third-order valence-electron chi connectivity index (χ3n) is 7.10. The topological polar surface area (TPSA) is 48.0 Å². The van der Waals surface area contributed by atoms with Crippen molar-refractivity contribution in [1.82, 2.24) is 4.90 Å². The average molecular weight is 531 g/mol. The summed E-state index contributed by atoms with van der Waals surface area (Å²) in [4.78, 5) is 14.4. The van der Waals surface area contributed by atoms with E-state index in [-0.39, 0.29) is 31.4 Å². The lowest BCUT2D eigenvalue weighted by Crippen LogP contribution is -2.67. The Morgan fingerprint density at radius 3 is 2.16 bits per heavy atom. The molecular weight excluding hydrogens is 504 g/mol. The van der Waals surface area contributed by atoms with Gasteiger partial charge in [-0.3, -0.25) is 9.69 Å². The number of hydrogen-bond acceptors (Lipinski definition) is 5. The number of hydrogen-bond donors (Lipinski definition) is 0. The second kappa shape index (κ2) is 9.92. The number of fused-ring (bicyclic) bond motifs is 2. The molecular formula is C26H27F6NO4. The first-order valence-electron chi connectivity index (χ1n) is 11.7. The smallest absolute Gasteiger partial charge is 0.416 e. The zero-order valence-corrected chi connectivity index (χ0v) is 20.3. The Labute approximate surface area is 210 Å². The number of esters is 1. The molecule has 0 radical (unpaired) electrons. The molecule has 2 fully saturated rings. The zero-order valence-electron chi connectivity index (χ0n) is 20.3. The number of benzene rings is 2. The maximum atomic E-state index is 13.4. The van der Waals surface area contributed by atoms with E-state index in [2.05, 4.69) is 0 Å². The number of alkyl halides is 6. The molecule has 2 heterocycles. The van der Waals surface area contributed by atoms with Gasteiger partial charge in [0.25, 0.3) is 0 Å². The van der Waals surface area contributed by atoms with Crippen molar-refractivity contribution >= 4 is 5.97 Å². The number of carbonyl (C=O) groups is 1. The maximum absolute atomic E-state index is 13.4. The molecule has 0 aromatic heterocycles. The van der Waals surface area contributed by atoms with E-state index in [1.54, 1.807) is 0 Å². The molecule has 2 aliphatic rings. The van der Waals surface area contributed by atoms with Gasteiger partial charge in [0.1, 0.15) is 5.60 Å². The minimum Gasteiger partial charge on any atom is -0.454 e. The molecule has 2 bridgehead atoms. The van der Waals surface area contributed by atoms with Crippen LogP contribution in [0.3, 0.4) is 0 Å². The zero-order chi connectivity index (χ0) is 27.1. The van der Waals surface area contributed by atoms with Crippen LogP contribution < -0.4 is 0 Å². The van der Waals surface area contributed by atoms with E-state index in [0.717, 1.165) is 5.56 Å². The van der Waals surface area contributed by atoms with E-state index in [1.165, 1.54) is 14.0 Å². The molecule has 2 aromatic carbocycles. The highest BCUT2D eigenvalue weighted by atomic mass is 19.4. The van der Waals surface area contributed by atoms with Gasteiger partial charge in [0, 0.05) is 13.7 Å². The second-order valence-corrected chi connectivity index (χ2v) is 9.64. The minimum absolute atomic E-state index is 0.0418. The Kier molecular flexibility index (Phi) is 7.35. The number of piperidine rings is 1. The lowest BCUT2D eigenvalue weighted by molar-refractivity contribution is -0.212. The fourth-order valence-electron chi connectivity index (χ4n) is 5.20. The highest BCUT2D eigenvalue weighted by Gasteiger charge is 2.54. The summed E-state index contributed by atoms with van der Waals surface area (Å²) in [5.74, 6) is -0.441. The van der Waals surface area contributed by atoms with Crippen LogP contribution in [0, 0.1) is 0 Å². The molecule has 202 valence electrons. The Hall–Kier alpha value is -2.63. The molecule has 0 aliphatic carbocycles.